The highest BCUT2D eigenvalue weighted by Crippen LogP contribution is 2.18. The van der Waals surface area contributed by atoms with Crippen molar-refractivity contribution in [1.29, 1.82) is 0 Å². The van der Waals surface area contributed by atoms with E-state index in [0.717, 1.165) is 11.1 Å². The van der Waals surface area contributed by atoms with Crippen molar-refractivity contribution >= 4 is 22.4 Å². The van der Waals surface area contributed by atoms with Gasteiger partial charge in [0, 0.05) is 33.7 Å². The van der Waals surface area contributed by atoms with Crippen molar-refractivity contribution in [2.45, 2.75) is 18.1 Å². The fourth-order valence-electron chi connectivity index (χ4n) is 1.90. The summed E-state index contributed by atoms with van der Waals surface area (Å²) in [5.74, 6) is 0.418. The monoisotopic (exact) mass is 311 g/mol. The highest BCUT2D eigenvalue weighted by Gasteiger charge is 2.08. The van der Waals surface area contributed by atoms with E-state index in [1.165, 1.54) is 6.07 Å². The zero-order chi connectivity index (χ0) is 14.5. The predicted octanol–water partition coefficient (Wildman–Crippen LogP) is 3.39. The lowest BCUT2D eigenvalue weighted by Crippen LogP contribution is -2.04. The number of hydrogen-bond acceptors (Lipinski definition) is 2. The van der Waals surface area contributed by atoms with Gasteiger partial charge in [0.25, 0.3) is 0 Å². The van der Waals surface area contributed by atoms with E-state index >= 15 is 0 Å². The van der Waals surface area contributed by atoms with E-state index in [2.05, 4.69) is 0 Å². The van der Waals surface area contributed by atoms with Crippen LogP contribution in [0.3, 0.4) is 0 Å². The molecular weight excluding hydrogens is 297 g/mol. The van der Waals surface area contributed by atoms with E-state index in [1.807, 2.05) is 18.2 Å². The molecule has 5 heteroatoms. The zero-order valence-corrected chi connectivity index (χ0v) is 12.4. The predicted molar refractivity (Wildman–Crippen MR) is 81.3 cm³/mol. The fraction of sp³-hybridized carbons (Fsp3) is 0.200. The average Bonchev–Trinajstić information content (AvgIpc) is 2.43. The molecule has 0 heterocycles. The fourth-order valence-corrected chi connectivity index (χ4v) is 3.43. The zero-order valence-electron chi connectivity index (χ0n) is 10.8. The average molecular weight is 312 g/mol. The van der Waals surface area contributed by atoms with Crippen LogP contribution in [0.25, 0.3) is 0 Å². The van der Waals surface area contributed by atoms with Crippen molar-refractivity contribution < 1.29 is 8.60 Å². The van der Waals surface area contributed by atoms with Gasteiger partial charge in [0.05, 0.1) is 5.75 Å². The van der Waals surface area contributed by atoms with Crippen LogP contribution < -0.4 is 5.73 Å². The molecule has 0 bridgehead atoms. The first-order chi connectivity index (χ1) is 9.60. The van der Waals surface area contributed by atoms with Crippen LogP contribution in [-0.4, -0.2) is 4.21 Å². The summed E-state index contributed by atoms with van der Waals surface area (Å²) in [7, 11) is -1.10. The van der Waals surface area contributed by atoms with Crippen LogP contribution in [0.15, 0.2) is 42.5 Å². The summed E-state index contributed by atoms with van der Waals surface area (Å²) in [6.45, 7) is 0.136. The second-order valence-electron chi connectivity index (χ2n) is 4.45. The van der Waals surface area contributed by atoms with E-state index < -0.39 is 10.8 Å². The van der Waals surface area contributed by atoms with E-state index in [1.54, 1.807) is 18.2 Å². The van der Waals surface area contributed by atoms with Crippen molar-refractivity contribution in [2.24, 2.45) is 5.73 Å². The van der Waals surface area contributed by atoms with Crippen LogP contribution in [0.2, 0.25) is 5.02 Å². The highest BCUT2D eigenvalue weighted by atomic mass is 35.5. The van der Waals surface area contributed by atoms with Crippen molar-refractivity contribution in [3.8, 4) is 0 Å². The molecule has 2 aromatic rings. The number of nitrogens with two attached hydrogens (primary N) is 1. The quantitative estimate of drug-likeness (QED) is 0.920. The van der Waals surface area contributed by atoms with Crippen LogP contribution in [0.5, 0.6) is 0 Å². The minimum Gasteiger partial charge on any atom is -0.326 e. The second-order valence-corrected chi connectivity index (χ2v) is 6.31. The van der Waals surface area contributed by atoms with Crippen LogP contribution in [0.1, 0.15) is 16.7 Å². The van der Waals surface area contributed by atoms with Gasteiger partial charge in [-0.05, 0) is 23.3 Å². The number of halogens is 2. The third-order valence-corrected chi connectivity index (χ3v) is 4.59. The Bertz CT molecular complexity index is 633. The van der Waals surface area contributed by atoms with Gasteiger partial charge in [-0.25, -0.2) is 4.39 Å². The summed E-state index contributed by atoms with van der Waals surface area (Å²) in [6.07, 6.45) is 0. The molecule has 20 heavy (non-hydrogen) atoms. The van der Waals surface area contributed by atoms with E-state index in [4.69, 9.17) is 17.3 Å². The van der Waals surface area contributed by atoms with Crippen molar-refractivity contribution in [1.82, 2.24) is 0 Å². The lowest BCUT2D eigenvalue weighted by Gasteiger charge is -2.07. The molecule has 2 rings (SSSR count). The summed E-state index contributed by atoms with van der Waals surface area (Å²) in [5, 5.41) is 0.614. The van der Waals surface area contributed by atoms with Crippen LogP contribution >= 0.6 is 11.6 Å². The molecule has 0 saturated carbocycles. The first-order valence-corrected chi connectivity index (χ1v) is 8.02. The number of rotatable bonds is 5. The molecule has 0 spiro atoms. The van der Waals surface area contributed by atoms with E-state index in [-0.39, 0.29) is 12.4 Å². The van der Waals surface area contributed by atoms with E-state index in [0.29, 0.717) is 22.1 Å². The Kier molecular flexibility index (Phi) is 5.29. The van der Waals surface area contributed by atoms with Gasteiger partial charge in [0.15, 0.2) is 0 Å². The Morgan fingerprint density at radius 1 is 1.10 bits per heavy atom. The van der Waals surface area contributed by atoms with E-state index in [9.17, 15) is 8.60 Å². The van der Waals surface area contributed by atoms with Gasteiger partial charge >= 0.3 is 0 Å². The number of hydrogen-bond donors (Lipinski definition) is 1. The topological polar surface area (TPSA) is 43.1 Å². The molecule has 1 atom stereocenters. The third kappa shape index (κ3) is 3.88. The van der Waals surface area contributed by atoms with Crippen molar-refractivity contribution in [3.63, 3.8) is 0 Å². The Morgan fingerprint density at radius 2 is 1.85 bits per heavy atom. The Labute approximate surface area is 125 Å². The minimum absolute atomic E-state index is 0.136. The largest absolute Gasteiger partial charge is 0.326 e. The maximum Gasteiger partial charge on any atom is 0.127 e. The van der Waals surface area contributed by atoms with Crippen LogP contribution in [0.4, 0.5) is 4.39 Å². The molecule has 2 nitrogen and oxygen atoms in total. The highest BCUT2D eigenvalue weighted by molar-refractivity contribution is 7.83. The molecule has 1 unspecified atom stereocenters. The van der Waals surface area contributed by atoms with Crippen molar-refractivity contribution in [3.05, 3.63) is 70.0 Å². The van der Waals surface area contributed by atoms with Crippen molar-refractivity contribution in [2.75, 3.05) is 0 Å². The van der Waals surface area contributed by atoms with Gasteiger partial charge in [-0.3, -0.25) is 4.21 Å². The molecule has 0 aliphatic rings. The van der Waals surface area contributed by atoms with Gasteiger partial charge < -0.3 is 5.73 Å². The molecule has 2 aromatic carbocycles. The van der Waals surface area contributed by atoms with Gasteiger partial charge in [-0.2, -0.15) is 0 Å². The minimum atomic E-state index is -1.10. The Hall–Kier alpha value is -1.23. The van der Waals surface area contributed by atoms with Gasteiger partial charge in [0.1, 0.15) is 5.82 Å². The first-order valence-electron chi connectivity index (χ1n) is 6.16. The molecule has 0 fully saturated rings. The molecule has 106 valence electrons. The normalized spacial score (nSPS) is 12.3. The molecule has 2 N–H and O–H groups in total. The molecule has 0 saturated heterocycles. The Balaban J connectivity index is 2.07. The Morgan fingerprint density at radius 3 is 2.55 bits per heavy atom. The lowest BCUT2D eigenvalue weighted by atomic mass is 10.1. The summed E-state index contributed by atoms with van der Waals surface area (Å²) in [6, 6.07) is 12.0. The summed E-state index contributed by atoms with van der Waals surface area (Å²) in [5.41, 5.74) is 7.57. The maximum atomic E-state index is 13.3. The molecule has 0 aromatic heterocycles. The molecular formula is C15H15ClFNOS. The van der Waals surface area contributed by atoms with Gasteiger partial charge in [0.2, 0.25) is 0 Å². The van der Waals surface area contributed by atoms with Crippen LogP contribution in [-0.2, 0) is 28.9 Å². The van der Waals surface area contributed by atoms with Crippen LogP contribution in [0, 0.1) is 5.82 Å². The molecule has 0 amide bonds. The SMILES string of the molecule is NCc1cc(CS(=O)Cc2ccccc2Cl)ccc1F. The maximum absolute atomic E-state index is 13.3. The summed E-state index contributed by atoms with van der Waals surface area (Å²) < 4.78 is 25.5. The molecule has 0 aliphatic heterocycles. The molecule has 0 aliphatic carbocycles. The first kappa shape index (κ1) is 15.2. The summed E-state index contributed by atoms with van der Waals surface area (Å²) in [4.78, 5) is 0. The lowest BCUT2D eigenvalue weighted by molar-refractivity contribution is 0.610. The standard InChI is InChI=1S/C15H15ClFNOS/c16-14-4-2-1-3-12(14)10-20(19)9-11-5-6-15(17)13(7-11)8-18/h1-7H,8-10,18H2. The third-order valence-electron chi connectivity index (χ3n) is 2.93. The number of benzene rings is 2. The molecule has 0 radical (unpaired) electrons. The second kappa shape index (κ2) is 6.97. The van der Waals surface area contributed by atoms with Gasteiger partial charge in [-0.15, -0.1) is 0 Å². The summed E-state index contributed by atoms with van der Waals surface area (Å²) >= 11 is 6.04. The smallest absolute Gasteiger partial charge is 0.127 e. The van der Waals surface area contributed by atoms with Gasteiger partial charge in [-0.1, -0.05) is 41.9 Å².